The van der Waals surface area contributed by atoms with E-state index in [1.54, 1.807) is 32.7 Å². The highest BCUT2D eigenvalue weighted by Gasteiger charge is 2.43. The van der Waals surface area contributed by atoms with Gasteiger partial charge in [0, 0.05) is 24.2 Å². The van der Waals surface area contributed by atoms with E-state index in [0.29, 0.717) is 17.4 Å². The highest BCUT2D eigenvalue weighted by Crippen LogP contribution is 2.41. The van der Waals surface area contributed by atoms with Crippen LogP contribution in [-0.2, 0) is 11.8 Å². The summed E-state index contributed by atoms with van der Waals surface area (Å²) in [6, 6.07) is 3.73. The number of hydrogen-bond donors (Lipinski definition) is 1. The fraction of sp³-hybridized carbons (Fsp3) is 0.350. The van der Waals surface area contributed by atoms with E-state index in [9.17, 15) is 9.18 Å². The number of methoxy groups -OCH3 is 2. The van der Waals surface area contributed by atoms with Gasteiger partial charge in [-0.15, -0.1) is 0 Å². The first-order valence-corrected chi connectivity index (χ1v) is 8.93. The zero-order chi connectivity index (χ0) is 20.0. The van der Waals surface area contributed by atoms with Crippen LogP contribution >= 0.6 is 0 Å². The third-order valence-electron chi connectivity index (χ3n) is 5.06. The Labute approximate surface area is 161 Å². The Morgan fingerprint density at radius 3 is 2.64 bits per heavy atom. The van der Waals surface area contributed by atoms with E-state index in [1.165, 1.54) is 0 Å². The lowest BCUT2D eigenvalue weighted by Crippen LogP contribution is -2.15. The number of ether oxygens (including phenoxy) is 2. The fourth-order valence-corrected chi connectivity index (χ4v) is 3.41. The molecule has 146 valence electrons. The summed E-state index contributed by atoms with van der Waals surface area (Å²) in [7, 11) is 5.09. The third kappa shape index (κ3) is 2.94. The summed E-state index contributed by atoms with van der Waals surface area (Å²) in [5.74, 6) is 0.645. The molecule has 1 aliphatic carbocycles. The summed E-state index contributed by atoms with van der Waals surface area (Å²) in [5.41, 5.74) is 3.34. The molecule has 0 aliphatic heterocycles. The SMILES string of the molecule is COc1ncc(C)c(OC)c1-c1cc2cc(NC(=O)[C@@H]3C[C@@H]3F)ncc2n1C. The first-order chi connectivity index (χ1) is 13.4. The van der Waals surface area contributed by atoms with Crippen LogP contribution in [0.4, 0.5) is 10.2 Å². The van der Waals surface area contributed by atoms with Gasteiger partial charge in [-0.1, -0.05) is 0 Å². The maximum atomic E-state index is 13.1. The smallest absolute Gasteiger partial charge is 0.231 e. The first-order valence-electron chi connectivity index (χ1n) is 8.93. The molecule has 0 saturated heterocycles. The number of aromatic nitrogens is 3. The van der Waals surface area contributed by atoms with Crippen LogP contribution in [-0.4, -0.2) is 40.8 Å². The van der Waals surface area contributed by atoms with Gasteiger partial charge in [0.25, 0.3) is 0 Å². The maximum Gasteiger partial charge on any atom is 0.231 e. The van der Waals surface area contributed by atoms with Crippen LogP contribution < -0.4 is 14.8 Å². The lowest BCUT2D eigenvalue weighted by Gasteiger charge is -2.15. The lowest BCUT2D eigenvalue weighted by atomic mass is 10.1. The first kappa shape index (κ1) is 18.2. The van der Waals surface area contributed by atoms with Crippen molar-refractivity contribution in [1.29, 1.82) is 0 Å². The van der Waals surface area contributed by atoms with Gasteiger partial charge in [-0.3, -0.25) is 4.79 Å². The van der Waals surface area contributed by atoms with Crippen molar-refractivity contribution in [3.8, 4) is 22.9 Å². The van der Waals surface area contributed by atoms with Crippen molar-refractivity contribution in [3.63, 3.8) is 0 Å². The molecule has 4 rings (SSSR count). The molecule has 3 heterocycles. The monoisotopic (exact) mass is 384 g/mol. The second-order valence-electron chi connectivity index (χ2n) is 6.92. The molecular formula is C20H21FN4O3. The Kier molecular flexibility index (Phi) is 4.41. The van der Waals surface area contributed by atoms with Crippen molar-refractivity contribution < 1.29 is 18.7 Å². The number of nitrogens with zero attached hydrogens (tertiary/aromatic N) is 3. The number of carbonyl (C=O) groups excluding carboxylic acids is 1. The van der Waals surface area contributed by atoms with Crippen LogP contribution in [0.1, 0.15) is 12.0 Å². The number of hydrogen-bond acceptors (Lipinski definition) is 5. The molecule has 3 aromatic heterocycles. The maximum absolute atomic E-state index is 13.1. The van der Waals surface area contributed by atoms with Crippen molar-refractivity contribution in [2.24, 2.45) is 13.0 Å². The summed E-state index contributed by atoms with van der Waals surface area (Å²) >= 11 is 0. The minimum Gasteiger partial charge on any atom is -0.496 e. The van der Waals surface area contributed by atoms with E-state index >= 15 is 0 Å². The molecule has 0 spiro atoms. The van der Waals surface area contributed by atoms with Gasteiger partial charge in [0.05, 0.1) is 37.5 Å². The molecule has 28 heavy (non-hydrogen) atoms. The van der Waals surface area contributed by atoms with Gasteiger partial charge < -0.3 is 19.4 Å². The number of halogens is 1. The second-order valence-corrected chi connectivity index (χ2v) is 6.92. The van der Waals surface area contributed by atoms with E-state index < -0.39 is 12.1 Å². The van der Waals surface area contributed by atoms with Crippen LogP contribution in [0.15, 0.2) is 24.5 Å². The number of amides is 1. The van der Waals surface area contributed by atoms with Gasteiger partial charge >= 0.3 is 0 Å². The summed E-state index contributed by atoms with van der Waals surface area (Å²) < 4.78 is 26.1. The molecule has 1 fully saturated rings. The zero-order valence-electron chi connectivity index (χ0n) is 16.1. The number of nitrogens with one attached hydrogen (secondary N) is 1. The molecule has 0 unspecified atom stereocenters. The van der Waals surface area contributed by atoms with Gasteiger partial charge in [0.15, 0.2) is 0 Å². The molecule has 1 aliphatic rings. The Morgan fingerprint density at radius 2 is 2.00 bits per heavy atom. The fourth-order valence-electron chi connectivity index (χ4n) is 3.41. The lowest BCUT2D eigenvalue weighted by molar-refractivity contribution is -0.117. The van der Waals surface area contributed by atoms with Crippen molar-refractivity contribution in [2.75, 3.05) is 19.5 Å². The standard InChI is InChI=1S/C20H21FN4O3/c1-10-8-23-20(28-4)17(18(10)27-3)14-5-11-6-16(22-9-15(11)25(14)2)24-19(26)12-7-13(12)21/h5-6,8-9,12-13H,7H2,1-4H3,(H,22,24,26)/t12-,13+/m1/s1. The number of aryl methyl sites for hydroxylation is 2. The molecule has 1 amide bonds. The van der Waals surface area contributed by atoms with Crippen molar-refractivity contribution in [1.82, 2.24) is 14.5 Å². The summed E-state index contributed by atoms with van der Waals surface area (Å²) in [4.78, 5) is 20.6. The van der Waals surface area contributed by atoms with Gasteiger partial charge in [-0.2, -0.15) is 0 Å². The molecule has 1 N–H and O–H groups in total. The Hall–Kier alpha value is -3.16. The number of alkyl halides is 1. The van der Waals surface area contributed by atoms with Crippen LogP contribution in [0.25, 0.3) is 22.2 Å². The summed E-state index contributed by atoms with van der Waals surface area (Å²) in [5, 5.41) is 3.56. The van der Waals surface area contributed by atoms with Gasteiger partial charge in [0.1, 0.15) is 23.3 Å². The van der Waals surface area contributed by atoms with E-state index in [4.69, 9.17) is 9.47 Å². The average Bonchev–Trinajstić information content (AvgIpc) is 3.33. The normalized spacial score (nSPS) is 18.2. The van der Waals surface area contributed by atoms with Crippen molar-refractivity contribution in [3.05, 3.63) is 30.1 Å². The highest BCUT2D eigenvalue weighted by molar-refractivity contribution is 5.96. The molecule has 2 atom stereocenters. The van der Waals surface area contributed by atoms with E-state index in [2.05, 4.69) is 15.3 Å². The molecule has 0 bridgehead atoms. The number of pyridine rings is 2. The van der Waals surface area contributed by atoms with Crippen LogP contribution in [0.5, 0.6) is 11.6 Å². The summed E-state index contributed by atoms with van der Waals surface area (Å²) in [6.45, 7) is 1.92. The number of rotatable bonds is 5. The number of carbonyl (C=O) groups is 1. The summed E-state index contributed by atoms with van der Waals surface area (Å²) in [6.07, 6.45) is 2.62. The molecule has 0 aromatic carbocycles. The topological polar surface area (TPSA) is 78.3 Å². The predicted molar refractivity (Wildman–Crippen MR) is 103 cm³/mol. The molecule has 3 aromatic rings. The van der Waals surface area contributed by atoms with Crippen LogP contribution in [0.3, 0.4) is 0 Å². The molecule has 0 radical (unpaired) electrons. The molecule has 7 nitrogen and oxygen atoms in total. The van der Waals surface area contributed by atoms with E-state index in [-0.39, 0.29) is 12.3 Å². The Balaban J connectivity index is 1.78. The number of anilines is 1. The number of fused-ring (bicyclic) bond motifs is 1. The van der Waals surface area contributed by atoms with Gasteiger partial charge in [-0.25, -0.2) is 14.4 Å². The minimum absolute atomic E-state index is 0.281. The highest BCUT2D eigenvalue weighted by atomic mass is 19.1. The zero-order valence-corrected chi connectivity index (χ0v) is 16.1. The third-order valence-corrected chi connectivity index (χ3v) is 5.06. The molecule has 1 saturated carbocycles. The quantitative estimate of drug-likeness (QED) is 0.731. The molecule has 8 heteroatoms. The largest absolute Gasteiger partial charge is 0.496 e. The van der Waals surface area contributed by atoms with Crippen LogP contribution in [0, 0.1) is 12.8 Å². The second kappa shape index (κ2) is 6.78. The van der Waals surface area contributed by atoms with Crippen LogP contribution in [0.2, 0.25) is 0 Å². The molecular weight excluding hydrogens is 363 g/mol. The van der Waals surface area contributed by atoms with Crippen molar-refractivity contribution in [2.45, 2.75) is 19.5 Å². The minimum atomic E-state index is -1.04. The van der Waals surface area contributed by atoms with Gasteiger partial charge in [0.2, 0.25) is 11.8 Å². The predicted octanol–water partition coefficient (Wildman–Crippen LogP) is 3.26. The Bertz CT molecular complexity index is 1080. The van der Waals surface area contributed by atoms with Gasteiger partial charge in [-0.05, 0) is 25.5 Å². The average molecular weight is 384 g/mol. The van der Waals surface area contributed by atoms with E-state index in [1.807, 2.05) is 24.6 Å². The van der Waals surface area contributed by atoms with Crippen molar-refractivity contribution >= 4 is 22.6 Å². The van der Waals surface area contributed by atoms with E-state index in [0.717, 1.165) is 27.7 Å². The Morgan fingerprint density at radius 1 is 1.25 bits per heavy atom.